The smallest absolute Gasteiger partial charge is 0 e. The molecule has 0 aromatic carbocycles. The molecule has 0 unspecified atom stereocenters. The van der Waals surface area contributed by atoms with Gasteiger partial charge in [-0.25, -0.2) is 0 Å². The van der Waals surface area contributed by atoms with E-state index in [1.807, 2.05) is 0 Å². The minimum absolute atomic E-state index is 0. The van der Waals surface area contributed by atoms with Gasteiger partial charge in [0.1, 0.15) is 0 Å². The van der Waals surface area contributed by atoms with Gasteiger partial charge in [0, 0.05) is 20.4 Å². The summed E-state index contributed by atoms with van der Waals surface area (Å²) >= 11 is 1.64. The van der Waals surface area contributed by atoms with Crippen molar-refractivity contribution < 1.29 is 45.0 Å². The molecule has 0 radical (unpaired) electrons. The summed E-state index contributed by atoms with van der Waals surface area (Å²) in [6, 6.07) is 0. The molecule has 0 spiro atoms. The second-order valence-corrected chi connectivity index (χ2v) is 1.60. The number of carbonyl (C=O) groups is 1. The number of hydrogen-bond donors (Lipinski definition) is 0. The Balaban J connectivity index is 0. The van der Waals surface area contributed by atoms with E-state index in [9.17, 15) is 4.79 Å². The first-order valence-electron chi connectivity index (χ1n) is 1.06. The molecular formula is C3H3OPdPt. The van der Waals surface area contributed by atoms with E-state index in [0.717, 1.165) is 0 Å². The molecule has 6 heavy (non-hydrogen) atoms. The molecule has 0 aliphatic heterocycles. The molecule has 0 fully saturated rings. The number of rotatable bonds is 1. The minimum Gasteiger partial charge on any atom is 0 e. The Morgan fingerprint density at radius 1 is 1.83 bits per heavy atom. The second-order valence-electron chi connectivity index (χ2n) is 0.478. The Bertz CT molecular complexity index is 61.8. The Morgan fingerprint density at radius 3 is 2.00 bits per heavy atom. The van der Waals surface area contributed by atoms with Crippen LogP contribution in [0.2, 0.25) is 0 Å². The van der Waals surface area contributed by atoms with Crippen LogP contribution in [0.15, 0.2) is 12.7 Å². The third kappa shape index (κ3) is 8.83. The van der Waals surface area contributed by atoms with Crippen LogP contribution in [0.25, 0.3) is 0 Å². The van der Waals surface area contributed by atoms with Gasteiger partial charge in [0.05, 0.1) is 0 Å². The molecule has 0 rings (SSSR count). The summed E-state index contributed by atoms with van der Waals surface area (Å²) < 4.78 is -0.00926. The van der Waals surface area contributed by atoms with E-state index in [0.29, 0.717) is 0 Å². The molecule has 1 nitrogen and oxygen atoms in total. The van der Waals surface area contributed by atoms with Crippen molar-refractivity contribution in [3.05, 3.63) is 12.7 Å². The van der Waals surface area contributed by atoms with Gasteiger partial charge in [0.15, 0.2) is 0 Å². The average molecular weight is 357 g/mol. The molecule has 0 bridgehead atoms. The van der Waals surface area contributed by atoms with Crippen molar-refractivity contribution in [2.45, 2.75) is 0 Å². The zero-order valence-corrected chi connectivity index (χ0v) is 6.65. The molecule has 0 aromatic heterocycles. The van der Waals surface area contributed by atoms with Crippen LogP contribution in [0, 0.1) is 0 Å². The standard InChI is InChI=1S/C3H3O.Pd.Pt/c1-2-3-4;;/h2H,1H2;;. The quantitative estimate of drug-likeness (QED) is 0.486. The van der Waals surface area contributed by atoms with Crippen LogP contribution in [0.4, 0.5) is 0 Å². The molecule has 0 aliphatic rings. The maximum absolute atomic E-state index is 9.68. The molecule has 0 saturated carbocycles. The van der Waals surface area contributed by atoms with Crippen molar-refractivity contribution in [3.8, 4) is 0 Å². The molecule has 0 aliphatic carbocycles. The maximum Gasteiger partial charge on any atom is 0 e. The summed E-state index contributed by atoms with van der Waals surface area (Å²) in [5.41, 5.74) is 0. The maximum atomic E-state index is 9.68. The average Bonchev–Trinajstić information content (AvgIpc) is 1.38. The van der Waals surface area contributed by atoms with E-state index < -0.39 is 0 Å². The molecule has 41 valence electrons. The largest absolute Gasteiger partial charge is 0 e. The molecule has 0 amide bonds. The fraction of sp³-hybridized carbons (Fsp3) is 0. The molecule has 0 atom stereocenters. The summed E-state index contributed by atoms with van der Waals surface area (Å²) in [6.07, 6.45) is 1.27. The Kier molecular flexibility index (Phi) is 9.50. The monoisotopic (exact) mass is 356 g/mol. The first kappa shape index (κ1) is 9.90. The number of allylic oxidation sites excluding steroid dienone is 1. The molecular weight excluding hydrogens is 354 g/mol. The van der Waals surface area contributed by atoms with Gasteiger partial charge in [-0.05, 0) is 0 Å². The molecule has 3 heteroatoms. The van der Waals surface area contributed by atoms with Crippen molar-refractivity contribution in [2.75, 3.05) is 0 Å². The van der Waals surface area contributed by atoms with Crippen molar-refractivity contribution in [1.29, 1.82) is 0 Å². The van der Waals surface area contributed by atoms with E-state index in [4.69, 9.17) is 0 Å². The van der Waals surface area contributed by atoms with Gasteiger partial charge in [0.25, 0.3) is 0 Å². The van der Waals surface area contributed by atoms with Crippen LogP contribution in [0.1, 0.15) is 0 Å². The zero-order valence-electron chi connectivity index (χ0n) is 2.83. The minimum atomic E-state index is -0.00926. The first-order valence-corrected chi connectivity index (χ1v) is 2.20. The summed E-state index contributed by atoms with van der Waals surface area (Å²) in [7, 11) is 0. The SMILES string of the molecule is C=C[C](=O)[Pt].[Pd]. The third-order valence-corrected chi connectivity index (χ3v) is 0.612. The van der Waals surface area contributed by atoms with Crippen LogP contribution in [0.5, 0.6) is 0 Å². The van der Waals surface area contributed by atoms with Crippen molar-refractivity contribution in [3.63, 3.8) is 0 Å². The van der Waals surface area contributed by atoms with Gasteiger partial charge in [-0.2, -0.15) is 0 Å². The van der Waals surface area contributed by atoms with Crippen LogP contribution >= 0.6 is 0 Å². The summed E-state index contributed by atoms with van der Waals surface area (Å²) in [4.78, 5) is 9.68. The Hall–Kier alpha value is 0.761. The summed E-state index contributed by atoms with van der Waals surface area (Å²) in [6.45, 7) is 3.20. The first-order chi connectivity index (χ1) is 2.27. The predicted octanol–water partition coefficient (Wildman–Crippen LogP) is 0.243. The van der Waals surface area contributed by atoms with Crippen LogP contribution in [-0.2, 0) is 45.0 Å². The number of hydrogen-bond acceptors (Lipinski definition) is 1. The third-order valence-electron chi connectivity index (χ3n) is 0.148. The molecule has 0 aromatic rings. The van der Waals surface area contributed by atoms with Gasteiger partial charge >= 0.3 is 41.4 Å². The number of carbonyl (C=O) groups excluding carboxylic acids is 1. The van der Waals surface area contributed by atoms with E-state index in [2.05, 4.69) is 6.58 Å². The fourth-order valence-corrected chi connectivity index (χ4v) is 0. The summed E-state index contributed by atoms with van der Waals surface area (Å²) in [5.74, 6) is 0. The Labute approximate surface area is 61.7 Å². The van der Waals surface area contributed by atoms with E-state index in [1.54, 1.807) is 19.8 Å². The van der Waals surface area contributed by atoms with Gasteiger partial charge in [-0.15, -0.1) is 0 Å². The van der Waals surface area contributed by atoms with Crippen molar-refractivity contribution in [2.24, 2.45) is 0 Å². The van der Waals surface area contributed by atoms with E-state index in [-0.39, 0.29) is 24.6 Å². The van der Waals surface area contributed by atoms with Gasteiger partial charge < -0.3 is 0 Å². The predicted molar refractivity (Wildman–Crippen MR) is 15.2 cm³/mol. The van der Waals surface area contributed by atoms with Crippen LogP contribution < -0.4 is 0 Å². The van der Waals surface area contributed by atoms with Crippen LogP contribution in [-0.4, -0.2) is 4.17 Å². The molecule has 0 heterocycles. The van der Waals surface area contributed by atoms with Crippen LogP contribution in [0.3, 0.4) is 0 Å². The normalized spacial score (nSPS) is 5.67. The second kappa shape index (κ2) is 5.76. The molecule has 0 N–H and O–H groups in total. The van der Waals surface area contributed by atoms with Crippen molar-refractivity contribution >= 4 is 4.17 Å². The Morgan fingerprint density at radius 2 is 2.00 bits per heavy atom. The topological polar surface area (TPSA) is 17.1 Å². The molecule has 0 saturated heterocycles. The van der Waals surface area contributed by atoms with E-state index in [1.165, 1.54) is 6.08 Å². The summed E-state index contributed by atoms with van der Waals surface area (Å²) in [5, 5.41) is 0. The van der Waals surface area contributed by atoms with Gasteiger partial charge in [-0.1, -0.05) is 0 Å². The van der Waals surface area contributed by atoms with Gasteiger partial charge in [0.2, 0.25) is 0 Å². The fourth-order valence-electron chi connectivity index (χ4n) is 0. The van der Waals surface area contributed by atoms with Gasteiger partial charge in [-0.3, -0.25) is 0 Å². The van der Waals surface area contributed by atoms with Crippen molar-refractivity contribution in [1.82, 2.24) is 0 Å². The zero-order chi connectivity index (χ0) is 4.28. The van der Waals surface area contributed by atoms with E-state index >= 15 is 0 Å².